The highest BCUT2D eigenvalue weighted by Crippen LogP contribution is 2.22. The van der Waals surface area contributed by atoms with Gasteiger partial charge in [-0.1, -0.05) is 0 Å². The molecule has 2 rings (SSSR count). The van der Waals surface area contributed by atoms with Gasteiger partial charge in [0.15, 0.2) is 0 Å². The van der Waals surface area contributed by atoms with Crippen molar-refractivity contribution in [3.63, 3.8) is 0 Å². The third-order valence-corrected chi connectivity index (χ3v) is 3.28. The molecule has 0 atom stereocenters. The molecular formula is C13H18FN3O. The Kier molecular flexibility index (Phi) is 3.52. The van der Waals surface area contributed by atoms with Gasteiger partial charge in [-0.15, -0.1) is 0 Å². The number of anilines is 2. The number of rotatable bonds is 2. The van der Waals surface area contributed by atoms with Gasteiger partial charge >= 0.3 is 0 Å². The second-order valence-electron chi connectivity index (χ2n) is 4.82. The molecule has 0 unspecified atom stereocenters. The molecule has 1 aliphatic rings. The number of carbonyl (C=O) groups excluding carboxylic acids is 1. The van der Waals surface area contributed by atoms with Crippen molar-refractivity contribution in [1.29, 1.82) is 0 Å². The first kappa shape index (κ1) is 12.8. The van der Waals surface area contributed by atoms with Crippen molar-refractivity contribution in [2.24, 2.45) is 0 Å². The molecule has 1 fully saturated rings. The number of halogens is 1. The van der Waals surface area contributed by atoms with Gasteiger partial charge in [0.2, 0.25) is 5.91 Å². The minimum Gasteiger partial charge on any atom is -0.396 e. The highest BCUT2D eigenvalue weighted by Gasteiger charge is 2.26. The molecule has 5 heteroatoms. The summed E-state index contributed by atoms with van der Waals surface area (Å²) in [6, 6.07) is 4.84. The fourth-order valence-corrected chi connectivity index (χ4v) is 2.09. The first-order valence-corrected chi connectivity index (χ1v) is 6.08. The molecule has 0 aromatic heterocycles. The smallest absolute Gasteiger partial charge is 0.241 e. The summed E-state index contributed by atoms with van der Waals surface area (Å²) in [6.45, 7) is 5.89. The van der Waals surface area contributed by atoms with Crippen LogP contribution in [-0.4, -0.2) is 36.5 Å². The summed E-state index contributed by atoms with van der Waals surface area (Å²) < 4.78 is 13.4. The molecule has 1 saturated heterocycles. The second kappa shape index (κ2) is 4.94. The van der Waals surface area contributed by atoms with Crippen molar-refractivity contribution in [3.05, 3.63) is 24.0 Å². The average molecular weight is 251 g/mol. The first-order chi connectivity index (χ1) is 8.49. The maximum atomic E-state index is 13.4. The van der Waals surface area contributed by atoms with Gasteiger partial charge in [0.25, 0.3) is 0 Å². The third-order valence-electron chi connectivity index (χ3n) is 3.28. The topological polar surface area (TPSA) is 49.6 Å². The van der Waals surface area contributed by atoms with E-state index in [1.807, 2.05) is 0 Å². The summed E-state index contributed by atoms with van der Waals surface area (Å²) >= 11 is 0. The molecule has 0 aliphatic carbocycles. The normalized spacial score (nSPS) is 17.6. The molecule has 2 N–H and O–H groups in total. The SMILES string of the molecule is CC(C)N1CCN(c2ccc(N)c(F)c2)C(=O)C1. The van der Waals surface area contributed by atoms with Gasteiger partial charge < -0.3 is 10.6 Å². The van der Waals surface area contributed by atoms with Crippen LogP contribution in [0.1, 0.15) is 13.8 Å². The van der Waals surface area contributed by atoms with Crippen LogP contribution in [0, 0.1) is 5.82 Å². The molecule has 1 aromatic carbocycles. The van der Waals surface area contributed by atoms with Crippen molar-refractivity contribution in [2.75, 3.05) is 30.3 Å². The van der Waals surface area contributed by atoms with E-state index in [2.05, 4.69) is 18.7 Å². The lowest BCUT2D eigenvalue weighted by Gasteiger charge is -2.36. The molecule has 0 radical (unpaired) electrons. The molecule has 1 aliphatic heterocycles. The standard InChI is InChI=1S/C13H18FN3O/c1-9(2)16-5-6-17(13(18)8-16)10-3-4-12(15)11(14)7-10/h3-4,7,9H,5-6,8,15H2,1-2H3. The summed E-state index contributed by atoms with van der Waals surface area (Å²) in [4.78, 5) is 15.8. The van der Waals surface area contributed by atoms with E-state index in [1.54, 1.807) is 11.0 Å². The number of nitrogens with zero attached hydrogens (tertiary/aromatic N) is 2. The molecule has 0 bridgehead atoms. The van der Waals surface area contributed by atoms with Gasteiger partial charge in [0.1, 0.15) is 5.82 Å². The van der Waals surface area contributed by atoms with Crippen LogP contribution in [0.3, 0.4) is 0 Å². The third kappa shape index (κ3) is 2.46. The van der Waals surface area contributed by atoms with Crippen LogP contribution >= 0.6 is 0 Å². The Bertz CT molecular complexity index is 462. The zero-order valence-corrected chi connectivity index (χ0v) is 10.7. The summed E-state index contributed by atoms with van der Waals surface area (Å²) in [5, 5.41) is 0. The van der Waals surface area contributed by atoms with Crippen LogP contribution in [0.5, 0.6) is 0 Å². The predicted octanol–water partition coefficient (Wildman–Crippen LogP) is 1.46. The number of hydrogen-bond donors (Lipinski definition) is 1. The Morgan fingerprint density at radius 1 is 1.33 bits per heavy atom. The summed E-state index contributed by atoms with van der Waals surface area (Å²) in [7, 11) is 0. The average Bonchev–Trinajstić information content (AvgIpc) is 2.32. The Balaban J connectivity index is 2.15. The van der Waals surface area contributed by atoms with Crippen LogP contribution in [0.4, 0.5) is 15.8 Å². The Morgan fingerprint density at radius 3 is 2.61 bits per heavy atom. The number of benzene rings is 1. The molecular weight excluding hydrogens is 233 g/mol. The molecule has 1 aromatic rings. The molecule has 98 valence electrons. The number of piperazine rings is 1. The Hall–Kier alpha value is -1.62. The minimum atomic E-state index is -0.480. The van der Waals surface area contributed by atoms with Crippen molar-refractivity contribution >= 4 is 17.3 Å². The van der Waals surface area contributed by atoms with Crippen molar-refractivity contribution in [3.8, 4) is 0 Å². The van der Waals surface area contributed by atoms with Crippen molar-refractivity contribution in [1.82, 2.24) is 4.90 Å². The van der Waals surface area contributed by atoms with Crippen LogP contribution < -0.4 is 10.6 Å². The quantitative estimate of drug-likeness (QED) is 0.810. The fourth-order valence-electron chi connectivity index (χ4n) is 2.09. The van der Waals surface area contributed by atoms with Gasteiger partial charge in [0.05, 0.1) is 12.2 Å². The van der Waals surface area contributed by atoms with E-state index < -0.39 is 5.82 Å². The first-order valence-electron chi connectivity index (χ1n) is 6.08. The van der Waals surface area contributed by atoms with Crippen molar-refractivity contribution < 1.29 is 9.18 Å². The molecule has 0 saturated carbocycles. The number of amides is 1. The van der Waals surface area contributed by atoms with Crippen LogP contribution in [0.25, 0.3) is 0 Å². The van der Waals surface area contributed by atoms with Gasteiger partial charge in [-0.3, -0.25) is 9.69 Å². The predicted molar refractivity (Wildman–Crippen MR) is 69.9 cm³/mol. The van der Waals surface area contributed by atoms with E-state index in [0.717, 1.165) is 6.54 Å². The zero-order chi connectivity index (χ0) is 13.3. The van der Waals surface area contributed by atoms with Crippen LogP contribution in [-0.2, 0) is 4.79 Å². The van der Waals surface area contributed by atoms with Gasteiger partial charge in [-0.05, 0) is 32.0 Å². The van der Waals surface area contributed by atoms with Gasteiger partial charge in [-0.25, -0.2) is 4.39 Å². The minimum absolute atomic E-state index is 0.000813. The molecule has 1 heterocycles. The van der Waals surface area contributed by atoms with E-state index in [4.69, 9.17) is 5.73 Å². The molecule has 1 amide bonds. The second-order valence-corrected chi connectivity index (χ2v) is 4.82. The molecule has 4 nitrogen and oxygen atoms in total. The lowest BCUT2D eigenvalue weighted by Crippen LogP contribution is -2.52. The highest BCUT2D eigenvalue weighted by atomic mass is 19.1. The van der Waals surface area contributed by atoms with E-state index in [1.165, 1.54) is 12.1 Å². The molecule has 18 heavy (non-hydrogen) atoms. The Labute approximate surface area is 106 Å². The van der Waals surface area contributed by atoms with E-state index in [-0.39, 0.29) is 11.6 Å². The van der Waals surface area contributed by atoms with Gasteiger partial charge in [-0.2, -0.15) is 0 Å². The zero-order valence-electron chi connectivity index (χ0n) is 10.7. The van der Waals surface area contributed by atoms with Crippen LogP contribution in [0.15, 0.2) is 18.2 Å². The van der Waals surface area contributed by atoms with E-state index >= 15 is 0 Å². The maximum absolute atomic E-state index is 13.4. The largest absolute Gasteiger partial charge is 0.396 e. The molecule has 0 spiro atoms. The number of nitrogen functional groups attached to an aromatic ring is 1. The van der Waals surface area contributed by atoms with Crippen molar-refractivity contribution in [2.45, 2.75) is 19.9 Å². The van der Waals surface area contributed by atoms with Gasteiger partial charge in [0, 0.05) is 24.8 Å². The summed E-state index contributed by atoms with van der Waals surface area (Å²) in [6.07, 6.45) is 0. The maximum Gasteiger partial charge on any atom is 0.241 e. The van der Waals surface area contributed by atoms with E-state index in [0.29, 0.717) is 24.8 Å². The van der Waals surface area contributed by atoms with E-state index in [9.17, 15) is 9.18 Å². The summed E-state index contributed by atoms with van der Waals surface area (Å²) in [5.74, 6) is -0.481. The lowest BCUT2D eigenvalue weighted by molar-refractivity contribution is -0.121. The Morgan fingerprint density at radius 2 is 2.06 bits per heavy atom. The number of carbonyl (C=O) groups is 1. The monoisotopic (exact) mass is 251 g/mol. The highest BCUT2D eigenvalue weighted by molar-refractivity contribution is 5.95. The summed E-state index contributed by atoms with van der Waals surface area (Å²) in [5.41, 5.74) is 6.11. The fraction of sp³-hybridized carbons (Fsp3) is 0.462. The van der Waals surface area contributed by atoms with Crippen LogP contribution in [0.2, 0.25) is 0 Å². The lowest BCUT2D eigenvalue weighted by atomic mass is 10.2. The number of hydrogen-bond acceptors (Lipinski definition) is 3. The number of nitrogens with two attached hydrogens (primary N) is 1.